The molecular formula is C14H17NO4. The molecule has 0 aliphatic heterocycles. The zero-order chi connectivity index (χ0) is 14.5. The number of carbonyl (C=O) groups excluding carboxylic acids is 2. The molecule has 0 amide bonds. The molecular weight excluding hydrogens is 246 g/mol. The first-order valence-electron chi connectivity index (χ1n) is 5.77. The second-order valence-corrected chi connectivity index (χ2v) is 4.84. The highest BCUT2D eigenvalue weighted by Crippen LogP contribution is 2.14. The molecule has 5 nitrogen and oxygen atoms in total. The van der Waals surface area contributed by atoms with Crippen LogP contribution in [0.4, 0.5) is 0 Å². The van der Waals surface area contributed by atoms with Crippen LogP contribution in [0.3, 0.4) is 0 Å². The maximum Gasteiger partial charge on any atom is 0.346 e. The van der Waals surface area contributed by atoms with Crippen LogP contribution < -0.4 is 0 Å². The molecule has 1 aromatic heterocycles. The maximum absolute atomic E-state index is 12.0. The minimum Gasteiger partial charge on any atom is -0.465 e. The van der Waals surface area contributed by atoms with Crippen LogP contribution in [-0.2, 0) is 19.1 Å². The second kappa shape index (κ2) is 6.13. The van der Waals surface area contributed by atoms with Gasteiger partial charge < -0.3 is 9.47 Å². The Labute approximate surface area is 112 Å². The molecule has 0 saturated carbocycles. The molecule has 0 aromatic carbocycles. The van der Waals surface area contributed by atoms with Crippen molar-refractivity contribution in [1.29, 1.82) is 0 Å². The van der Waals surface area contributed by atoms with Gasteiger partial charge in [0, 0.05) is 12.4 Å². The minimum absolute atomic E-state index is 0.162. The van der Waals surface area contributed by atoms with E-state index in [0.29, 0.717) is 5.56 Å². The standard InChI is InChI=1S/C14H17NO4/c1-14(2,3)19-13(17)11(12(16)18-4)8-10-6-5-7-15-9-10/h5-9H,1-4H3. The zero-order valence-corrected chi connectivity index (χ0v) is 11.5. The highest BCUT2D eigenvalue weighted by atomic mass is 16.6. The number of ether oxygens (including phenoxy) is 2. The molecule has 0 atom stereocenters. The van der Waals surface area contributed by atoms with Gasteiger partial charge in [-0.25, -0.2) is 9.59 Å². The predicted octanol–water partition coefficient (Wildman–Crippen LogP) is 1.98. The van der Waals surface area contributed by atoms with Gasteiger partial charge in [0.1, 0.15) is 11.2 Å². The molecule has 1 heterocycles. The van der Waals surface area contributed by atoms with Crippen LogP contribution in [0.5, 0.6) is 0 Å². The van der Waals surface area contributed by atoms with E-state index in [1.165, 1.54) is 19.4 Å². The van der Waals surface area contributed by atoms with Crippen molar-refractivity contribution >= 4 is 18.0 Å². The van der Waals surface area contributed by atoms with Gasteiger partial charge in [0.05, 0.1) is 7.11 Å². The van der Waals surface area contributed by atoms with Crippen molar-refractivity contribution in [2.45, 2.75) is 26.4 Å². The third-order valence-electron chi connectivity index (χ3n) is 2.02. The first kappa shape index (κ1) is 14.9. The SMILES string of the molecule is COC(=O)C(=Cc1cccnc1)C(=O)OC(C)(C)C. The lowest BCUT2D eigenvalue weighted by Crippen LogP contribution is -2.27. The van der Waals surface area contributed by atoms with Crippen LogP contribution in [0.25, 0.3) is 6.08 Å². The molecule has 0 unspecified atom stereocenters. The number of pyridine rings is 1. The van der Waals surface area contributed by atoms with E-state index in [4.69, 9.17) is 4.74 Å². The molecule has 0 radical (unpaired) electrons. The van der Waals surface area contributed by atoms with Crippen LogP contribution in [-0.4, -0.2) is 29.6 Å². The van der Waals surface area contributed by atoms with Gasteiger partial charge in [0.25, 0.3) is 0 Å². The molecule has 5 heteroatoms. The Balaban J connectivity index is 3.06. The summed E-state index contributed by atoms with van der Waals surface area (Å²) in [5.74, 6) is -1.46. The fourth-order valence-electron chi connectivity index (χ4n) is 1.27. The fourth-order valence-corrected chi connectivity index (χ4v) is 1.27. The average Bonchev–Trinajstić information content (AvgIpc) is 2.34. The monoisotopic (exact) mass is 263 g/mol. The number of methoxy groups -OCH3 is 1. The largest absolute Gasteiger partial charge is 0.465 e. The van der Waals surface area contributed by atoms with Gasteiger partial charge in [-0.3, -0.25) is 4.98 Å². The molecule has 1 aromatic rings. The Hall–Kier alpha value is -2.17. The van der Waals surface area contributed by atoms with Crippen molar-refractivity contribution in [3.05, 3.63) is 35.7 Å². The Bertz CT molecular complexity index is 486. The van der Waals surface area contributed by atoms with E-state index < -0.39 is 17.5 Å². The highest BCUT2D eigenvalue weighted by Gasteiger charge is 2.25. The lowest BCUT2D eigenvalue weighted by atomic mass is 10.1. The smallest absolute Gasteiger partial charge is 0.346 e. The van der Waals surface area contributed by atoms with E-state index >= 15 is 0 Å². The molecule has 0 saturated heterocycles. The molecule has 0 aliphatic carbocycles. The summed E-state index contributed by atoms with van der Waals surface area (Å²) < 4.78 is 9.76. The predicted molar refractivity (Wildman–Crippen MR) is 70.1 cm³/mol. The van der Waals surface area contributed by atoms with E-state index in [2.05, 4.69) is 9.72 Å². The topological polar surface area (TPSA) is 65.5 Å². The first-order chi connectivity index (χ1) is 8.83. The normalized spacial score (nSPS) is 11.9. The Kier molecular flexibility index (Phi) is 4.80. The minimum atomic E-state index is -0.738. The van der Waals surface area contributed by atoms with Crippen molar-refractivity contribution in [3.8, 4) is 0 Å². The zero-order valence-electron chi connectivity index (χ0n) is 11.5. The quantitative estimate of drug-likeness (QED) is 0.361. The average molecular weight is 263 g/mol. The molecule has 0 fully saturated rings. The lowest BCUT2D eigenvalue weighted by molar-refractivity contribution is -0.153. The summed E-state index contributed by atoms with van der Waals surface area (Å²) in [7, 11) is 1.21. The van der Waals surface area contributed by atoms with E-state index in [9.17, 15) is 9.59 Å². The fraction of sp³-hybridized carbons (Fsp3) is 0.357. The van der Waals surface area contributed by atoms with Crippen molar-refractivity contribution < 1.29 is 19.1 Å². The van der Waals surface area contributed by atoms with Gasteiger partial charge in [-0.1, -0.05) is 6.07 Å². The van der Waals surface area contributed by atoms with Gasteiger partial charge in [-0.15, -0.1) is 0 Å². The van der Waals surface area contributed by atoms with Crippen LogP contribution >= 0.6 is 0 Å². The van der Waals surface area contributed by atoms with Gasteiger partial charge >= 0.3 is 11.9 Å². The van der Waals surface area contributed by atoms with Gasteiger partial charge in [-0.2, -0.15) is 0 Å². The molecule has 0 aliphatic rings. The van der Waals surface area contributed by atoms with Gasteiger partial charge in [-0.05, 0) is 38.5 Å². The summed E-state index contributed by atoms with van der Waals surface area (Å²) in [6, 6.07) is 3.43. The molecule has 0 spiro atoms. The summed E-state index contributed by atoms with van der Waals surface area (Å²) in [5.41, 5.74) is -0.224. The number of carbonyl (C=O) groups is 2. The summed E-state index contributed by atoms with van der Waals surface area (Å²) in [4.78, 5) is 27.5. The van der Waals surface area contributed by atoms with Gasteiger partial charge in [0.15, 0.2) is 0 Å². The lowest BCUT2D eigenvalue weighted by Gasteiger charge is -2.19. The van der Waals surface area contributed by atoms with E-state index in [1.807, 2.05) is 0 Å². The summed E-state index contributed by atoms with van der Waals surface area (Å²) >= 11 is 0. The molecule has 0 N–H and O–H groups in total. The van der Waals surface area contributed by atoms with Crippen LogP contribution in [0.1, 0.15) is 26.3 Å². The summed E-state index contributed by atoms with van der Waals surface area (Å²) in [5, 5.41) is 0. The maximum atomic E-state index is 12.0. The molecule has 1 rings (SSSR count). The van der Waals surface area contributed by atoms with E-state index in [-0.39, 0.29) is 5.57 Å². The number of hydrogen-bond acceptors (Lipinski definition) is 5. The van der Waals surface area contributed by atoms with Crippen LogP contribution in [0.2, 0.25) is 0 Å². The number of nitrogens with zero attached hydrogens (tertiary/aromatic N) is 1. The number of rotatable bonds is 3. The van der Waals surface area contributed by atoms with Crippen molar-refractivity contribution in [3.63, 3.8) is 0 Å². The Morgan fingerprint density at radius 2 is 1.95 bits per heavy atom. The molecule has 102 valence electrons. The number of aromatic nitrogens is 1. The Morgan fingerprint density at radius 1 is 1.26 bits per heavy atom. The third kappa shape index (κ3) is 4.91. The third-order valence-corrected chi connectivity index (χ3v) is 2.02. The Morgan fingerprint density at radius 3 is 2.42 bits per heavy atom. The molecule has 0 bridgehead atoms. The van der Waals surface area contributed by atoms with Crippen LogP contribution in [0, 0.1) is 0 Å². The first-order valence-corrected chi connectivity index (χ1v) is 5.77. The summed E-state index contributed by atoms with van der Waals surface area (Å²) in [6.45, 7) is 5.18. The molecule has 19 heavy (non-hydrogen) atoms. The van der Waals surface area contributed by atoms with Crippen molar-refractivity contribution in [2.24, 2.45) is 0 Å². The second-order valence-electron chi connectivity index (χ2n) is 4.84. The van der Waals surface area contributed by atoms with Crippen LogP contribution in [0.15, 0.2) is 30.1 Å². The number of esters is 2. The summed E-state index contributed by atoms with van der Waals surface area (Å²) in [6.07, 6.45) is 4.53. The highest BCUT2D eigenvalue weighted by molar-refractivity contribution is 6.17. The van der Waals surface area contributed by atoms with Crippen molar-refractivity contribution in [2.75, 3.05) is 7.11 Å². The van der Waals surface area contributed by atoms with Gasteiger partial charge in [0.2, 0.25) is 0 Å². The van der Waals surface area contributed by atoms with E-state index in [1.54, 1.807) is 39.1 Å². The van der Waals surface area contributed by atoms with E-state index in [0.717, 1.165) is 0 Å². The number of hydrogen-bond donors (Lipinski definition) is 0. The van der Waals surface area contributed by atoms with Crippen molar-refractivity contribution in [1.82, 2.24) is 4.98 Å².